The topological polar surface area (TPSA) is 71.1 Å². The van der Waals surface area contributed by atoms with Crippen LogP contribution in [0.5, 0.6) is 0 Å². The number of nitrogens with zero attached hydrogens (tertiary/aromatic N) is 1. The Morgan fingerprint density at radius 3 is 2.81 bits per heavy atom. The van der Waals surface area contributed by atoms with E-state index in [2.05, 4.69) is 28.9 Å². The summed E-state index contributed by atoms with van der Waals surface area (Å²) in [5.74, 6) is 2.61. The van der Waals surface area contributed by atoms with Crippen LogP contribution >= 0.6 is 11.8 Å². The zero-order valence-corrected chi connectivity index (χ0v) is 14.1. The number of thioether (sulfide) groups is 1. The largest absolute Gasteiger partial charge is 0.310 e. The molecule has 1 aliphatic rings. The highest BCUT2D eigenvalue weighted by atomic mass is 32.2. The maximum atomic E-state index is 12.2. The van der Waals surface area contributed by atoms with E-state index in [1.807, 2.05) is 17.8 Å². The summed E-state index contributed by atoms with van der Waals surface area (Å²) in [4.78, 5) is 4.08. The fourth-order valence-corrected chi connectivity index (χ4v) is 4.37. The summed E-state index contributed by atoms with van der Waals surface area (Å²) >= 11 is 1.88. The van der Waals surface area contributed by atoms with Gasteiger partial charge in [-0.25, -0.2) is 18.1 Å². The van der Waals surface area contributed by atoms with Crippen LogP contribution in [0, 0.1) is 5.92 Å². The number of hydrogen-bond acceptors (Lipinski definition) is 5. The van der Waals surface area contributed by atoms with Gasteiger partial charge in [0.1, 0.15) is 0 Å². The van der Waals surface area contributed by atoms with Gasteiger partial charge in [0.15, 0.2) is 5.03 Å². The van der Waals surface area contributed by atoms with Crippen molar-refractivity contribution < 1.29 is 8.42 Å². The van der Waals surface area contributed by atoms with Crippen molar-refractivity contribution in [3.05, 3.63) is 23.9 Å². The van der Waals surface area contributed by atoms with Crippen LogP contribution in [-0.4, -0.2) is 37.5 Å². The van der Waals surface area contributed by atoms with E-state index in [0.717, 1.165) is 23.5 Å². The molecule has 0 saturated carbocycles. The van der Waals surface area contributed by atoms with E-state index in [0.29, 0.717) is 25.0 Å². The first kappa shape index (κ1) is 16.7. The summed E-state index contributed by atoms with van der Waals surface area (Å²) in [6.07, 6.45) is 2.70. The van der Waals surface area contributed by atoms with Crippen molar-refractivity contribution in [2.24, 2.45) is 5.92 Å². The third kappa shape index (κ3) is 5.25. The molecule has 0 amide bonds. The first-order chi connectivity index (χ1) is 9.97. The second kappa shape index (κ2) is 7.58. The van der Waals surface area contributed by atoms with Crippen molar-refractivity contribution in [1.82, 2.24) is 15.0 Å². The average Bonchev–Trinajstić information content (AvgIpc) is 2.97. The molecule has 0 aromatic carbocycles. The zero-order chi connectivity index (χ0) is 15.3. The van der Waals surface area contributed by atoms with Gasteiger partial charge in [-0.1, -0.05) is 19.9 Å². The SMILES string of the molecule is CC(C)NCc1ccc(S(=O)(=O)NCC2CCSC2)nc1. The molecule has 1 aliphatic heterocycles. The molecule has 2 N–H and O–H groups in total. The molecule has 0 radical (unpaired) electrons. The number of pyridine rings is 1. The quantitative estimate of drug-likeness (QED) is 0.795. The van der Waals surface area contributed by atoms with Gasteiger partial charge in [0.05, 0.1) is 0 Å². The van der Waals surface area contributed by atoms with Crippen LogP contribution in [-0.2, 0) is 16.6 Å². The number of rotatable bonds is 7. The lowest BCUT2D eigenvalue weighted by Crippen LogP contribution is -2.30. The van der Waals surface area contributed by atoms with Crippen molar-refractivity contribution in [2.45, 2.75) is 37.9 Å². The minimum Gasteiger partial charge on any atom is -0.310 e. The number of nitrogens with one attached hydrogen (secondary N) is 2. The Morgan fingerprint density at radius 1 is 1.43 bits per heavy atom. The monoisotopic (exact) mass is 329 g/mol. The fourth-order valence-electron chi connectivity index (χ4n) is 2.04. The number of aromatic nitrogens is 1. The Hall–Kier alpha value is -0.630. The fraction of sp³-hybridized carbons (Fsp3) is 0.643. The summed E-state index contributed by atoms with van der Waals surface area (Å²) in [5, 5.41) is 3.37. The molecule has 118 valence electrons. The van der Waals surface area contributed by atoms with Crippen molar-refractivity contribution in [3.63, 3.8) is 0 Å². The highest BCUT2D eigenvalue weighted by Gasteiger charge is 2.20. The Balaban J connectivity index is 1.92. The van der Waals surface area contributed by atoms with Gasteiger partial charge in [-0.15, -0.1) is 0 Å². The standard InChI is InChI=1S/C14H23N3O2S2/c1-11(2)15-7-12-3-4-14(16-8-12)21(18,19)17-9-13-5-6-20-10-13/h3-4,8,11,13,15,17H,5-7,9-10H2,1-2H3. The molecule has 1 saturated heterocycles. The summed E-state index contributed by atoms with van der Waals surface area (Å²) in [6, 6.07) is 3.77. The second-order valence-electron chi connectivity index (χ2n) is 5.62. The summed E-state index contributed by atoms with van der Waals surface area (Å²) in [7, 11) is -3.49. The van der Waals surface area contributed by atoms with Gasteiger partial charge >= 0.3 is 0 Å². The van der Waals surface area contributed by atoms with Crippen molar-refractivity contribution >= 4 is 21.8 Å². The van der Waals surface area contributed by atoms with Crippen LogP contribution in [0.25, 0.3) is 0 Å². The third-order valence-electron chi connectivity index (χ3n) is 3.37. The molecule has 1 atom stereocenters. The summed E-state index contributed by atoms with van der Waals surface area (Å²) in [6.45, 7) is 5.33. The van der Waals surface area contributed by atoms with Crippen molar-refractivity contribution in [2.75, 3.05) is 18.1 Å². The normalized spacial score (nSPS) is 19.3. The van der Waals surface area contributed by atoms with Gasteiger partial charge in [-0.05, 0) is 35.5 Å². The van der Waals surface area contributed by atoms with Crippen LogP contribution < -0.4 is 10.0 Å². The predicted octanol–water partition coefficient (Wildman–Crippen LogP) is 1.61. The summed E-state index contributed by atoms with van der Waals surface area (Å²) < 4.78 is 27.0. The number of hydrogen-bond donors (Lipinski definition) is 2. The second-order valence-corrected chi connectivity index (χ2v) is 8.49. The van der Waals surface area contributed by atoms with Crippen LogP contribution in [0.3, 0.4) is 0 Å². The van der Waals surface area contributed by atoms with E-state index in [1.165, 1.54) is 0 Å². The lowest BCUT2D eigenvalue weighted by atomic mass is 10.1. The molecule has 0 bridgehead atoms. The third-order valence-corrected chi connectivity index (χ3v) is 5.94. The zero-order valence-electron chi connectivity index (χ0n) is 12.5. The molecule has 1 fully saturated rings. The molecule has 5 nitrogen and oxygen atoms in total. The van der Waals surface area contributed by atoms with Gasteiger partial charge in [0, 0.05) is 25.3 Å². The molecule has 21 heavy (non-hydrogen) atoms. The lowest BCUT2D eigenvalue weighted by molar-refractivity contribution is 0.543. The highest BCUT2D eigenvalue weighted by molar-refractivity contribution is 7.99. The molecule has 1 aromatic heterocycles. The van der Waals surface area contributed by atoms with E-state index in [9.17, 15) is 8.42 Å². The Labute approximate surface area is 131 Å². The molecule has 2 rings (SSSR count). The maximum absolute atomic E-state index is 12.2. The molecular formula is C14H23N3O2S2. The van der Waals surface area contributed by atoms with Crippen LogP contribution in [0.1, 0.15) is 25.8 Å². The van der Waals surface area contributed by atoms with Gasteiger partial charge in [0.25, 0.3) is 10.0 Å². The van der Waals surface area contributed by atoms with E-state index in [4.69, 9.17) is 0 Å². The average molecular weight is 329 g/mol. The smallest absolute Gasteiger partial charge is 0.258 e. The Bertz CT molecular complexity index is 538. The minimum absolute atomic E-state index is 0.0986. The molecule has 2 heterocycles. The predicted molar refractivity (Wildman–Crippen MR) is 86.8 cm³/mol. The van der Waals surface area contributed by atoms with Crippen molar-refractivity contribution in [3.8, 4) is 0 Å². The molecule has 1 aromatic rings. The molecule has 0 aliphatic carbocycles. The van der Waals surface area contributed by atoms with Gasteiger partial charge < -0.3 is 5.32 Å². The highest BCUT2D eigenvalue weighted by Crippen LogP contribution is 2.22. The van der Waals surface area contributed by atoms with Crippen molar-refractivity contribution in [1.29, 1.82) is 0 Å². The molecular weight excluding hydrogens is 306 g/mol. The Kier molecular flexibility index (Phi) is 6.04. The first-order valence-electron chi connectivity index (χ1n) is 7.23. The van der Waals surface area contributed by atoms with Gasteiger partial charge in [-0.3, -0.25) is 0 Å². The molecule has 7 heteroatoms. The lowest BCUT2D eigenvalue weighted by Gasteiger charge is -2.11. The minimum atomic E-state index is -3.49. The maximum Gasteiger partial charge on any atom is 0.258 e. The Morgan fingerprint density at radius 2 is 2.24 bits per heavy atom. The van der Waals surface area contributed by atoms with Gasteiger partial charge in [0.2, 0.25) is 0 Å². The van der Waals surface area contributed by atoms with E-state index in [1.54, 1.807) is 12.3 Å². The first-order valence-corrected chi connectivity index (χ1v) is 9.87. The van der Waals surface area contributed by atoms with E-state index < -0.39 is 10.0 Å². The van der Waals surface area contributed by atoms with Crippen LogP contribution in [0.15, 0.2) is 23.4 Å². The summed E-state index contributed by atoms with van der Waals surface area (Å²) in [5.41, 5.74) is 0.981. The van der Waals surface area contributed by atoms with Crippen LogP contribution in [0.4, 0.5) is 0 Å². The van der Waals surface area contributed by atoms with Crippen LogP contribution in [0.2, 0.25) is 0 Å². The van der Waals surface area contributed by atoms with Gasteiger partial charge in [-0.2, -0.15) is 11.8 Å². The van der Waals surface area contributed by atoms with E-state index in [-0.39, 0.29) is 5.03 Å². The van der Waals surface area contributed by atoms with E-state index >= 15 is 0 Å². The number of sulfonamides is 1. The molecule has 0 spiro atoms. The molecule has 1 unspecified atom stereocenters.